The predicted octanol–water partition coefficient (Wildman–Crippen LogP) is 3.19. The first-order valence-electron chi connectivity index (χ1n) is 6.02. The van der Waals surface area contributed by atoms with Crippen LogP contribution in [0.3, 0.4) is 0 Å². The van der Waals surface area contributed by atoms with Gasteiger partial charge < -0.3 is 5.11 Å². The first-order chi connectivity index (χ1) is 9.83. The minimum atomic E-state index is -3.83. The molecule has 4 nitrogen and oxygen atoms in total. The van der Waals surface area contributed by atoms with Crippen LogP contribution in [0.1, 0.15) is 11.1 Å². The Labute approximate surface area is 130 Å². The van der Waals surface area contributed by atoms with Crippen LogP contribution in [0, 0.1) is 12.7 Å². The van der Waals surface area contributed by atoms with Crippen molar-refractivity contribution in [2.75, 3.05) is 4.72 Å². The monoisotopic (exact) mass is 373 g/mol. The van der Waals surface area contributed by atoms with Gasteiger partial charge in [0, 0.05) is 4.47 Å². The fraction of sp³-hybridized carbons (Fsp3) is 0.143. The van der Waals surface area contributed by atoms with E-state index >= 15 is 0 Å². The van der Waals surface area contributed by atoms with Crippen molar-refractivity contribution in [2.45, 2.75) is 18.4 Å². The average Bonchev–Trinajstić information content (AvgIpc) is 2.42. The molecular weight excluding hydrogens is 361 g/mol. The van der Waals surface area contributed by atoms with E-state index in [-0.39, 0.29) is 17.2 Å². The summed E-state index contributed by atoms with van der Waals surface area (Å²) in [6.45, 7) is 1.42. The minimum absolute atomic E-state index is 0.0743. The molecular formula is C14H13BrFNO3S. The van der Waals surface area contributed by atoms with E-state index in [1.165, 1.54) is 24.3 Å². The lowest BCUT2D eigenvalue weighted by molar-refractivity contribution is 0.281. The fourth-order valence-corrected chi connectivity index (χ4v) is 3.76. The Kier molecular flexibility index (Phi) is 4.65. The molecule has 21 heavy (non-hydrogen) atoms. The van der Waals surface area contributed by atoms with Gasteiger partial charge in [-0.05, 0) is 58.2 Å². The van der Waals surface area contributed by atoms with Crippen molar-refractivity contribution < 1.29 is 17.9 Å². The summed E-state index contributed by atoms with van der Waals surface area (Å²) in [5, 5.41) is 9.12. The molecule has 0 aliphatic rings. The van der Waals surface area contributed by atoms with Crippen molar-refractivity contribution in [3.8, 4) is 0 Å². The molecule has 0 bridgehead atoms. The van der Waals surface area contributed by atoms with Gasteiger partial charge in [-0.3, -0.25) is 4.72 Å². The molecule has 7 heteroatoms. The van der Waals surface area contributed by atoms with Gasteiger partial charge in [0.15, 0.2) is 0 Å². The quantitative estimate of drug-likeness (QED) is 0.864. The lowest BCUT2D eigenvalue weighted by Gasteiger charge is -2.12. The van der Waals surface area contributed by atoms with Crippen LogP contribution in [0.2, 0.25) is 0 Å². The highest BCUT2D eigenvalue weighted by molar-refractivity contribution is 9.10. The molecule has 0 aromatic heterocycles. The molecule has 112 valence electrons. The smallest absolute Gasteiger partial charge is 0.262 e. The number of sulfonamides is 1. The van der Waals surface area contributed by atoms with E-state index in [1.807, 2.05) is 0 Å². The zero-order valence-electron chi connectivity index (χ0n) is 11.1. The van der Waals surface area contributed by atoms with Crippen LogP contribution in [0.5, 0.6) is 0 Å². The van der Waals surface area contributed by atoms with E-state index in [4.69, 9.17) is 5.11 Å². The van der Waals surface area contributed by atoms with Gasteiger partial charge in [-0.15, -0.1) is 0 Å². The Morgan fingerprint density at radius 3 is 2.57 bits per heavy atom. The van der Waals surface area contributed by atoms with Crippen LogP contribution in [-0.2, 0) is 16.6 Å². The molecule has 0 atom stereocenters. The number of halogens is 2. The first-order valence-corrected chi connectivity index (χ1v) is 8.29. The van der Waals surface area contributed by atoms with Crippen molar-refractivity contribution >= 4 is 31.6 Å². The van der Waals surface area contributed by atoms with E-state index < -0.39 is 15.8 Å². The van der Waals surface area contributed by atoms with E-state index in [9.17, 15) is 12.8 Å². The van der Waals surface area contributed by atoms with Crippen LogP contribution >= 0.6 is 15.9 Å². The van der Waals surface area contributed by atoms with Crippen molar-refractivity contribution in [2.24, 2.45) is 0 Å². The number of hydrogen-bond acceptors (Lipinski definition) is 3. The SMILES string of the molecule is Cc1ccc(CO)cc1S(=O)(=O)Nc1ccc(F)cc1Br. The summed E-state index contributed by atoms with van der Waals surface area (Å²) in [6, 6.07) is 8.37. The lowest BCUT2D eigenvalue weighted by atomic mass is 10.2. The number of aliphatic hydroxyl groups is 1. The third kappa shape index (κ3) is 3.61. The number of anilines is 1. The van der Waals surface area contributed by atoms with Crippen molar-refractivity contribution in [1.29, 1.82) is 0 Å². The normalized spacial score (nSPS) is 11.4. The second-order valence-electron chi connectivity index (χ2n) is 4.49. The number of benzene rings is 2. The second kappa shape index (κ2) is 6.13. The number of hydrogen-bond donors (Lipinski definition) is 2. The Bertz CT molecular complexity index is 778. The molecule has 0 heterocycles. The van der Waals surface area contributed by atoms with E-state index in [0.717, 1.165) is 0 Å². The highest BCUT2D eigenvalue weighted by Gasteiger charge is 2.18. The summed E-state index contributed by atoms with van der Waals surface area (Å²) in [5.74, 6) is -0.469. The topological polar surface area (TPSA) is 66.4 Å². The van der Waals surface area contributed by atoms with Crippen LogP contribution < -0.4 is 4.72 Å². The largest absolute Gasteiger partial charge is 0.392 e. The maximum absolute atomic E-state index is 13.0. The molecule has 0 unspecified atom stereocenters. The number of aliphatic hydroxyl groups excluding tert-OH is 1. The summed E-state index contributed by atoms with van der Waals surface area (Å²) in [5.41, 5.74) is 1.29. The predicted molar refractivity (Wildman–Crippen MR) is 82.0 cm³/mol. The Morgan fingerprint density at radius 2 is 1.95 bits per heavy atom. The van der Waals surface area contributed by atoms with Crippen molar-refractivity contribution in [1.82, 2.24) is 0 Å². The Balaban J connectivity index is 2.43. The van der Waals surface area contributed by atoms with E-state index in [1.54, 1.807) is 19.1 Å². The maximum atomic E-state index is 13.0. The minimum Gasteiger partial charge on any atom is -0.392 e. The highest BCUT2D eigenvalue weighted by Crippen LogP contribution is 2.27. The standard InChI is InChI=1S/C14H13BrFNO3S/c1-9-2-3-10(8-18)6-14(9)21(19,20)17-13-5-4-11(16)7-12(13)15/h2-7,17-18H,8H2,1H3. The van der Waals surface area contributed by atoms with Crippen LogP contribution in [0.25, 0.3) is 0 Å². The van der Waals surface area contributed by atoms with Crippen LogP contribution in [0.4, 0.5) is 10.1 Å². The molecule has 0 saturated carbocycles. The molecule has 0 amide bonds. The molecule has 0 aliphatic carbocycles. The second-order valence-corrected chi connectivity index (χ2v) is 6.99. The lowest BCUT2D eigenvalue weighted by Crippen LogP contribution is -2.15. The zero-order chi connectivity index (χ0) is 15.6. The summed E-state index contributed by atoms with van der Waals surface area (Å²) < 4.78 is 40.6. The summed E-state index contributed by atoms with van der Waals surface area (Å²) in [7, 11) is -3.83. The first kappa shape index (κ1) is 15.9. The van der Waals surface area contributed by atoms with Crippen LogP contribution in [0.15, 0.2) is 45.8 Å². The molecule has 2 N–H and O–H groups in total. The molecule has 0 saturated heterocycles. The van der Waals surface area contributed by atoms with E-state index in [2.05, 4.69) is 20.7 Å². The average molecular weight is 374 g/mol. The Morgan fingerprint density at radius 1 is 1.24 bits per heavy atom. The Hall–Kier alpha value is -1.44. The number of nitrogens with one attached hydrogen (secondary N) is 1. The van der Waals surface area contributed by atoms with Gasteiger partial charge in [0.25, 0.3) is 10.0 Å². The van der Waals surface area contributed by atoms with Crippen molar-refractivity contribution in [3.05, 3.63) is 57.8 Å². The zero-order valence-corrected chi connectivity index (χ0v) is 13.5. The molecule has 0 radical (unpaired) electrons. The molecule has 0 aliphatic heterocycles. The molecule has 2 aromatic rings. The third-order valence-corrected chi connectivity index (χ3v) is 5.06. The van der Waals surface area contributed by atoms with Gasteiger partial charge in [0.1, 0.15) is 5.82 Å². The van der Waals surface area contributed by atoms with Crippen molar-refractivity contribution in [3.63, 3.8) is 0 Å². The van der Waals surface area contributed by atoms with Crippen LogP contribution in [-0.4, -0.2) is 13.5 Å². The molecule has 2 aromatic carbocycles. The highest BCUT2D eigenvalue weighted by atomic mass is 79.9. The van der Waals surface area contributed by atoms with Gasteiger partial charge in [0.2, 0.25) is 0 Å². The molecule has 0 spiro atoms. The summed E-state index contributed by atoms with van der Waals surface area (Å²) in [4.78, 5) is 0.0743. The summed E-state index contributed by atoms with van der Waals surface area (Å²) in [6.07, 6.45) is 0. The third-order valence-electron chi connectivity index (χ3n) is 2.90. The van der Waals surface area contributed by atoms with E-state index in [0.29, 0.717) is 15.6 Å². The maximum Gasteiger partial charge on any atom is 0.262 e. The fourth-order valence-electron chi connectivity index (χ4n) is 1.80. The molecule has 2 rings (SSSR count). The molecule has 0 fully saturated rings. The van der Waals surface area contributed by atoms with Gasteiger partial charge in [-0.25, -0.2) is 12.8 Å². The van der Waals surface area contributed by atoms with Gasteiger partial charge in [0.05, 0.1) is 17.2 Å². The number of aryl methyl sites for hydroxylation is 1. The van der Waals surface area contributed by atoms with Gasteiger partial charge in [-0.2, -0.15) is 0 Å². The number of rotatable bonds is 4. The summed E-state index contributed by atoms with van der Waals surface area (Å²) >= 11 is 3.11. The van der Waals surface area contributed by atoms with Gasteiger partial charge >= 0.3 is 0 Å². The van der Waals surface area contributed by atoms with Gasteiger partial charge in [-0.1, -0.05) is 12.1 Å².